The number of nitrogens with one attached hydrogen (secondary N) is 3. The number of amides is 2. The Bertz CT molecular complexity index is 1270. The van der Waals surface area contributed by atoms with E-state index in [4.69, 9.17) is 0 Å². The molecule has 0 saturated carbocycles. The summed E-state index contributed by atoms with van der Waals surface area (Å²) in [7, 11) is 0. The smallest absolute Gasteiger partial charge is 0.451 e. The molecule has 168 valence electrons. The molecule has 3 heterocycles. The molecule has 0 fully saturated rings. The second-order valence-electron chi connectivity index (χ2n) is 7.03. The van der Waals surface area contributed by atoms with Gasteiger partial charge in [-0.05, 0) is 54.4 Å². The Morgan fingerprint density at radius 3 is 2.18 bits per heavy atom. The fourth-order valence-corrected chi connectivity index (χ4v) is 3.11. The minimum atomic E-state index is -4.73. The highest BCUT2D eigenvalue weighted by molar-refractivity contribution is 5.99. The molecular formula is C23H18F3N5O2. The van der Waals surface area contributed by atoms with Gasteiger partial charge in [0.25, 0.3) is 0 Å². The van der Waals surface area contributed by atoms with Crippen LogP contribution in [0.1, 0.15) is 11.5 Å². The number of benzene rings is 1. The van der Waals surface area contributed by atoms with E-state index in [0.29, 0.717) is 5.82 Å². The van der Waals surface area contributed by atoms with E-state index in [1.165, 1.54) is 13.1 Å². The topological polar surface area (TPSA) is 92.1 Å². The van der Waals surface area contributed by atoms with Gasteiger partial charge >= 0.3 is 12.2 Å². The van der Waals surface area contributed by atoms with Gasteiger partial charge in [0, 0.05) is 24.1 Å². The highest BCUT2D eigenvalue weighted by Crippen LogP contribution is 2.37. The maximum atomic E-state index is 13.1. The average molecular weight is 453 g/mol. The van der Waals surface area contributed by atoms with E-state index in [-0.39, 0.29) is 11.6 Å². The zero-order chi connectivity index (χ0) is 23.4. The van der Waals surface area contributed by atoms with Crippen LogP contribution in [-0.4, -0.2) is 16.0 Å². The molecule has 0 atom stereocenters. The number of furan rings is 1. The van der Waals surface area contributed by atoms with Crippen molar-refractivity contribution in [2.45, 2.75) is 13.1 Å². The van der Waals surface area contributed by atoms with Crippen LogP contribution in [-0.2, 0) is 6.18 Å². The van der Waals surface area contributed by atoms with E-state index >= 15 is 0 Å². The zero-order valence-electron chi connectivity index (χ0n) is 17.3. The minimum absolute atomic E-state index is 0.0235. The molecule has 4 rings (SSSR count). The molecule has 1 aromatic carbocycles. The van der Waals surface area contributed by atoms with Crippen molar-refractivity contribution in [1.82, 2.24) is 9.97 Å². The van der Waals surface area contributed by atoms with Crippen LogP contribution in [0.15, 0.2) is 77.5 Å². The lowest BCUT2D eigenvalue weighted by Gasteiger charge is -2.10. The van der Waals surface area contributed by atoms with Crippen LogP contribution >= 0.6 is 0 Å². The van der Waals surface area contributed by atoms with Gasteiger partial charge in [-0.25, -0.2) is 14.8 Å². The van der Waals surface area contributed by atoms with Gasteiger partial charge in [-0.2, -0.15) is 13.2 Å². The lowest BCUT2D eigenvalue weighted by molar-refractivity contribution is -0.152. The Balaban J connectivity index is 1.49. The quantitative estimate of drug-likeness (QED) is 0.323. The number of carbonyl (C=O) groups excluding carboxylic acids is 1. The van der Waals surface area contributed by atoms with Crippen LogP contribution in [0.3, 0.4) is 0 Å². The molecule has 33 heavy (non-hydrogen) atoms. The summed E-state index contributed by atoms with van der Waals surface area (Å²) >= 11 is 0. The monoisotopic (exact) mass is 453 g/mol. The molecule has 10 heteroatoms. The fraction of sp³-hybridized carbons (Fsp3) is 0.0870. The Hall–Kier alpha value is -4.34. The molecule has 2 amide bonds. The Labute approximate surface area is 186 Å². The number of aryl methyl sites for hydroxylation is 1. The third kappa shape index (κ3) is 5.48. The van der Waals surface area contributed by atoms with Crippen LogP contribution in [0.5, 0.6) is 0 Å². The van der Waals surface area contributed by atoms with Gasteiger partial charge < -0.3 is 15.1 Å². The summed E-state index contributed by atoms with van der Waals surface area (Å²) in [6.45, 7) is 1.36. The Morgan fingerprint density at radius 2 is 1.52 bits per heavy atom. The fourth-order valence-electron chi connectivity index (χ4n) is 3.11. The molecular weight excluding hydrogens is 435 g/mol. The summed E-state index contributed by atoms with van der Waals surface area (Å²) in [6.07, 6.45) is -1.61. The lowest BCUT2D eigenvalue weighted by atomic mass is 10.1. The minimum Gasteiger partial charge on any atom is -0.455 e. The number of rotatable bonds is 5. The predicted octanol–water partition coefficient (Wildman–Crippen LogP) is 6.45. The summed E-state index contributed by atoms with van der Waals surface area (Å²) < 4.78 is 43.9. The van der Waals surface area contributed by atoms with Crippen molar-refractivity contribution >= 4 is 29.0 Å². The number of urea groups is 1. The van der Waals surface area contributed by atoms with Gasteiger partial charge in [0.2, 0.25) is 5.76 Å². The molecule has 0 bridgehead atoms. The third-order valence-corrected chi connectivity index (χ3v) is 4.50. The Kier molecular flexibility index (Phi) is 5.99. The van der Waals surface area contributed by atoms with Gasteiger partial charge in [-0.15, -0.1) is 0 Å². The van der Waals surface area contributed by atoms with Crippen molar-refractivity contribution in [1.29, 1.82) is 0 Å². The summed E-state index contributed by atoms with van der Waals surface area (Å²) in [5.74, 6) is -0.464. The van der Waals surface area contributed by atoms with Crippen molar-refractivity contribution < 1.29 is 22.4 Å². The Morgan fingerprint density at radius 1 is 0.879 bits per heavy atom. The highest BCUT2D eigenvalue weighted by Gasteiger charge is 2.38. The molecule has 0 aliphatic heterocycles. The van der Waals surface area contributed by atoms with E-state index in [1.807, 2.05) is 36.4 Å². The normalized spacial score (nSPS) is 11.2. The second-order valence-corrected chi connectivity index (χ2v) is 7.03. The first-order chi connectivity index (χ1) is 15.8. The summed E-state index contributed by atoms with van der Waals surface area (Å²) in [4.78, 5) is 20.6. The van der Waals surface area contributed by atoms with Crippen molar-refractivity contribution in [3.8, 4) is 11.1 Å². The standard InChI is InChI=1S/C23H18F3N5O2/c1-14-11-18(21(33-14)23(24,25)26)30-22(32)31-20-13-16(8-10-28-20)15-7-9-27-19(12-15)29-17-5-3-2-4-6-17/h2-13H,1H3,(H,27,29)(H2,28,30,31,32). The van der Waals surface area contributed by atoms with E-state index < -0.39 is 23.7 Å². The largest absolute Gasteiger partial charge is 0.455 e. The van der Waals surface area contributed by atoms with Gasteiger partial charge in [0.1, 0.15) is 17.4 Å². The summed E-state index contributed by atoms with van der Waals surface area (Å²) in [5.41, 5.74) is 1.94. The van der Waals surface area contributed by atoms with Gasteiger partial charge in [-0.1, -0.05) is 18.2 Å². The number of halogens is 3. The van der Waals surface area contributed by atoms with Crippen LogP contribution in [0.4, 0.5) is 41.0 Å². The molecule has 0 saturated heterocycles. The number of hydrogen-bond donors (Lipinski definition) is 3. The number of carbonyl (C=O) groups is 1. The number of para-hydroxylation sites is 1. The summed E-state index contributed by atoms with van der Waals surface area (Å²) in [5, 5.41) is 7.80. The number of aromatic nitrogens is 2. The van der Waals surface area contributed by atoms with Crippen molar-refractivity contribution in [3.63, 3.8) is 0 Å². The van der Waals surface area contributed by atoms with E-state index in [0.717, 1.165) is 22.9 Å². The first-order valence-corrected chi connectivity index (χ1v) is 9.78. The van der Waals surface area contributed by atoms with Crippen molar-refractivity contribution in [2.24, 2.45) is 0 Å². The van der Waals surface area contributed by atoms with E-state index in [9.17, 15) is 18.0 Å². The molecule has 3 aromatic heterocycles. The number of alkyl halides is 3. The van der Waals surface area contributed by atoms with Crippen LogP contribution in [0.25, 0.3) is 11.1 Å². The first kappa shape index (κ1) is 21.9. The molecule has 0 aliphatic carbocycles. The number of nitrogens with zero attached hydrogens (tertiary/aromatic N) is 2. The molecule has 0 unspecified atom stereocenters. The SMILES string of the molecule is Cc1cc(NC(=O)Nc2cc(-c3ccnc(Nc4ccccc4)c3)ccn2)c(C(F)(F)F)o1. The highest BCUT2D eigenvalue weighted by atomic mass is 19.4. The zero-order valence-corrected chi connectivity index (χ0v) is 17.3. The maximum Gasteiger partial charge on any atom is 0.451 e. The molecule has 0 aliphatic rings. The molecule has 3 N–H and O–H groups in total. The number of hydrogen-bond acceptors (Lipinski definition) is 5. The van der Waals surface area contributed by atoms with E-state index in [1.54, 1.807) is 24.4 Å². The van der Waals surface area contributed by atoms with Crippen LogP contribution < -0.4 is 16.0 Å². The van der Waals surface area contributed by atoms with Crippen molar-refractivity contribution in [3.05, 3.63) is 84.6 Å². The van der Waals surface area contributed by atoms with Gasteiger partial charge in [-0.3, -0.25) is 5.32 Å². The summed E-state index contributed by atoms with van der Waals surface area (Å²) in [6, 6.07) is 16.7. The predicted molar refractivity (Wildman–Crippen MR) is 118 cm³/mol. The van der Waals surface area contributed by atoms with E-state index in [2.05, 4.69) is 30.3 Å². The third-order valence-electron chi connectivity index (χ3n) is 4.50. The first-order valence-electron chi connectivity index (χ1n) is 9.78. The van der Waals surface area contributed by atoms with Crippen LogP contribution in [0, 0.1) is 6.92 Å². The maximum absolute atomic E-state index is 13.1. The van der Waals surface area contributed by atoms with Crippen molar-refractivity contribution in [2.75, 3.05) is 16.0 Å². The number of anilines is 4. The lowest BCUT2D eigenvalue weighted by Crippen LogP contribution is -2.21. The number of pyridine rings is 2. The molecule has 0 spiro atoms. The average Bonchev–Trinajstić information content (AvgIpc) is 3.15. The molecule has 0 radical (unpaired) electrons. The molecule has 4 aromatic rings. The van der Waals surface area contributed by atoms with Gasteiger partial charge in [0.15, 0.2) is 0 Å². The second kappa shape index (κ2) is 9.03. The molecule has 7 nitrogen and oxygen atoms in total. The van der Waals surface area contributed by atoms with Crippen LogP contribution in [0.2, 0.25) is 0 Å². The van der Waals surface area contributed by atoms with Gasteiger partial charge in [0.05, 0.1) is 5.69 Å².